The Bertz CT molecular complexity index is 1990. The molecule has 0 aliphatic carbocycles. The van der Waals surface area contributed by atoms with Gasteiger partial charge in [0.05, 0.1) is 18.2 Å². The molecule has 0 bridgehead atoms. The number of fused-ring (bicyclic) bond motifs is 1. The first-order chi connectivity index (χ1) is 22.5. The zero-order chi connectivity index (χ0) is 34.9. The fourth-order valence-electron chi connectivity index (χ4n) is 4.71. The normalized spacial score (nSPS) is 14.1. The molecule has 6 rings (SSSR count). The largest absolute Gasteiger partial charge is 0.362 e. The van der Waals surface area contributed by atoms with E-state index in [-0.39, 0.29) is 25.7 Å². The second kappa shape index (κ2) is 14.1. The minimum Gasteiger partial charge on any atom is -0.362 e. The first-order valence-corrected chi connectivity index (χ1v) is 14.0. The van der Waals surface area contributed by atoms with Crippen molar-refractivity contribution < 1.29 is 28.3 Å². The van der Waals surface area contributed by atoms with E-state index in [0.29, 0.717) is 17.0 Å². The van der Waals surface area contributed by atoms with E-state index in [4.69, 9.17) is 8.22 Å². The van der Waals surface area contributed by atoms with Gasteiger partial charge in [-0.05, 0) is 66.2 Å². The van der Waals surface area contributed by atoms with Crippen LogP contribution in [0.3, 0.4) is 0 Å². The first kappa shape index (κ1) is 24.6. The number of aryl methyl sites for hydroxylation is 1. The van der Waals surface area contributed by atoms with Crippen LogP contribution in [0, 0.1) is 24.4 Å². The maximum absolute atomic E-state index is 8.42. The molecular formula is C39H39IrN3-2. The van der Waals surface area contributed by atoms with Crippen molar-refractivity contribution in [3.8, 4) is 33.8 Å². The number of benzene rings is 4. The van der Waals surface area contributed by atoms with Gasteiger partial charge < -0.3 is 9.55 Å². The van der Waals surface area contributed by atoms with Gasteiger partial charge in [0.25, 0.3) is 0 Å². The predicted octanol–water partition coefficient (Wildman–Crippen LogP) is 10.2. The molecule has 0 N–H and O–H groups in total. The van der Waals surface area contributed by atoms with E-state index < -0.39 is 24.7 Å². The van der Waals surface area contributed by atoms with E-state index in [1.165, 1.54) is 6.07 Å². The molecule has 4 heteroatoms. The topological polar surface area (TPSA) is 30.7 Å². The van der Waals surface area contributed by atoms with E-state index in [9.17, 15) is 0 Å². The summed E-state index contributed by atoms with van der Waals surface area (Å²) in [5.41, 5.74) is 6.79. The van der Waals surface area contributed by atoms with Gasteiger partial charge in [-0.2, -0.15) is 0 Å². The molecule has 2 heterocycles. The summed E-state index contributed by atoms with van der Waals surface area (Å²) in [6.07, 6.45) is 0.418. The second-order valence-corrected chi connectivity index (χ2v) is 11.4. The van der Waals surface area contributed by atoms with Crippen molar-refractivity contribution in [3.63, 3.8) is 0 Å². The summed E-state index contributed by atoms with van der Waals surface area (Å²) < 4.78 is 49.4. The van der Waals surface area contributed by atoms with E-state index in [1.54, 1.807) is 32.2 Å². The van der Waals surface area contributed by atoms with Crippen LogP contribution in [0.25, 0.3) is 44.8 Å². The SMILES string of the molecule is [2H]C([2H])([2H])c1c[c-]c(-c2nc3ccccc3n2C([2H])(C)C)cc1.[2H]C([2H])(c1ccc(-c2ccnc(-c3[c-]cccc3)c2)cc1)C(C)(C)C.[Ir]. The van der Waals surface area contributed by atoms with Crippen molar-refractivity contribution >= 4 is 11.0 Å². The number of hydrogen-bond donors (Lipinski definition) is 0. The Labute approximate surface area is 278 Å². The summed E-state index contributed by atoms with van der Waals surface area (Å²) in [6, 6.07) is 37.2. The van der Waals surface area contributed by atoms with Crippen molar-refractivity contribution in [2.24, 2.45) is 5.41 Å². The molecule has 0 spiro atoms. The van der Waals surface area contributed by atoms with Crippen LogP contribution < -0.4 is 0 Å². The van der Waals surface area contributed by atoms with Gasteiger partial charge in [-0.3, -0.25) is 4.98 Å². The molecule has 0 saturated heterocycles. The Morgan fingerprint density at radius 3 is 2.30 bits per heavy atom. The van der Waals surface area contributed by atoms with Gasteiger partial charge >= 0.3 is 0 Å². The summed E-state index contributed by atoms with van der Waals surface area (Å²) in [6.45, 7) is 7.21. The van der Waals surface area contributed by atoms with Gasteiger partial charge in [-0.15, -0.1) is 71.3 Å². The molecular weight excluding hydrogens is 703 g/mol. The fourth-order valence-corrected chi connectivity index (χ4v) is 4.71. The number of aromatic nitrogens is 3. The van der Waals surface area contributed by atoms with E-state index in [2.05, 4.69) is 22.1 Å². The van der Waals surface area contributed by atoms with Gasteiger partial charge in [0.1, 0.15) is 0 Å². The predicted molar refractivity (Wildman–Crippen MR) is 176 cm³/mol. The zero-order valence-electron chi connectivity index (χ0n) is 31.1. The molecule has 3 nitrogen and oxygen atoms in total. The molecule has 0 amide bonds. The van der Waals surface area contributed by atoms with Crippen LogP contribution in [0.15, 0.2) is 109 Å². The summed E-state index contributed by atoms with van der Waals surface area (Å²) in [5.74, 6) is 0.614. The fraction of sp³-hybridized carbons (Fsp3) is 0.231. The molecule has 0 saturated carbocycles. The van der Waals surface area contributed by atoms with Crippen LogP contribution in [0.2, 0.25) is 0 Å². The van der Waals surface area contributed by atoms with Crippen LogP contribution in [-0.2, 0) is 26.5 Å². The summed E-state index contributed by atoms with van der Waals surface area (Å²) in [5, 5.41) is 0. The monoisotopic (exact) mass is 748 g/mol. The van der Waals surface area contributed by atoms with Gasteiger partial charge in [0.2, 0.25) is 0 Å². The van der Waals surface area contributed by atoms with Crippen molar-refractivity contribution in [1.82, 2.24) is 14.5 Å². The average Bonchev–Trinajstić information content (AvgIpc) is 3.46. The molecule has 0 atom stereocenters. The standard InChI is InChI=1S/C22H22N.C17H17N2.Ir/c1-22(2,3)16-17-9-11-18(12-10-17)20-13-14-23-21(15-20)19-7-5-4-6-8-19;1-12(2)19-16-7-5-4-6-15(16)18-17(19)14-10-8-13(3)9-11-14;/h4-7,9-15H,16H2,1-3H3;4-10,12H,1-3H3;/q2*-1;/i16D2;3D3,12D;. The third kappa shape index (κ3) is 8.16. The molecule has 0 aliphatic rings. The number of hydrogen-bond acceptors (Lipinski definition) is 2. The van der Waals surface area contributed by atoms with Crippen LogP contribution >= 0.6 is 0 Å². The third-order valence-electron chi connectivity index (χ3n) is 6.54. The van der Waals surface area contributed by atoms with Crippen molar-refractivity contribution in [2.45, 2.75) is 53.9 Å². The minimum absolute atomic E-state index is 0. The average molecular weight is 748 g/mol. The number of pyridine rings is 1. The Hall–Kier alpha value is -3.85. The van der Waals surface area contributed by atoms with Crippen LogP contribution in [0.4, 0.5) is 0 Å². The molecule has 221 valence electrons. The number of para-hydroxylation sites is 2. The van der Waals surface area contributed by atoms with Crippen molar-refractivity contribution in [1.29, 1.82) is 0 Å². The van der Waals surface area contributed by atoms with E-state index in [1.807, 2.05) is 110 Å². The van der Waals surface area contributed by atoms with Crippen molar-refractivity contribution in [2.75, 3.05) is 0 Å². The summed E-state index contributed by atoms with van der Waals surface area (Å²) >= 11 is 0. The molecule has 1 radical (unpaired) electrons. The van der Waals surface area contributed by atoms with Crippen LogP contribution in [0.5, 0.6) is 0 Å². The Balaban J connectivity index is 0.000000217. The van der Waals surface area contributed by atoms with E-state index in [0.717, 1.165) is 33.4 Å². The Kier molecular flexibility index (Phi) is 8.05. The quantitative estimate of drug-likeness (QED) is 0.165. The van der Waals surface area contributed by atoms with Crippen molar-refractivity contribution in [3.05, 3.63) is 133 Å². The van der Waals surface area contributed by atoms with Crippen LogP contribution in [-0.4, -0.2) is 14.5 Å². The number of rotatable bonds is 5. The molecule has 0 unspecified atom stereocenters. The van der Waals surface area contributed by atoms with Gasteiger partial charge in [0.15, 0.2) is 0 Å². The molecule has 43 heavy (non-hydrogen) atoms. The smallest absolute Gasteiger partial charge is 0.0770 e. The summed E-state index contributed by atoms with van der Waals surface area (Å²) in [7, 11) is 0. The molecule has 6 aromatic rings. The maximum Gasteiger partial charge on any atom is 0.0770 e. The number of imidazole rings is 1. The molecule has 4 aromatic carbocycles. The minimum atomic E-state index is -2.15. The first-order valence-electron chi connectivity index (χ1n) is 17.0. The molecule has 0 fully saturated rings. The molecule has 0 aliphatic heterocycles. The zero-order valence-corrected chi connectivity index (χ0v) is 27.5. The van der Waals surface area contributed by atoms with Gasteiger partial charge in [0, 0.05) is 39.2 Å². The number of nitrogens with zero attached hydrogens (tertiary/aromatic N) is 3. The van der Waals surface area contributed by atoms with Gasteiger partial charge in [-0.25, -0.2) is 0 Å². The Morgan fingerprint density at radius 1 is 0.884 bits per heavy atom. The molecule has 2 aromatic heterocycles. The summed E-state index contributed by atoms with van der Waals surface area (Å²) in [4.78, 5) is 9.05. The van der Waals surface area contributed by atoms with Gasteiger partial charge in [-0.1, -0.05) is 70.1 Å². The second-order valence-electron chi connectivity index (χ2n) is 11.4. The van der Waals surface area contributed by atoms with Crippen LogP contribution in [0.1, 0.15) is 60.0 Å². The maximum atomic E-state index is 8.42. The van der Waals surface area contributed by atoms with E-state index >= 15 is 0 Å². The third-order valence-corrected chi connectivity index (χ3v) is 6.54. The Morgan fingerprint density at radius 2 is 1.65 bits per heavy atom.